The quantitative estimate of drug-likeness (QED) is 0.582. The minimum Gasteiger partial charge on any atom is -0.493 e. The molecule has 28 heavy (non-hydrogen) atoms. The van der Waals surface area contributed by atoms with Crippen LogP contribution in [0.4, 0.5) is 11.6 Å². The molecule has 0 unspecified atom stereocenters. The van der Waals surface area contributed by atoms with E-state index in [0.717, 1.165) is 42.2 Å². The summed E-state index contributed by atoms with van der Waals surface area (Å²) < 4.78 is 5.90. The van der Waals surface area contributed by atoms with Crippen molar-refractivity contribution in [3.8, 4) is 17.0 Å². The van der Waals surface area contributed by atoms with E-state index in [2.05, 4.69) is 57.6 Å². The van der Waals surface area contributed by atoms with Crippen LogP contribution in [0.5, 0.6) is 5.75 Å². The second kappa shape index (κ2) is 8.67. The molecule has 2 heterocycles. The molecule has 6 bridgehead atoms. The molecule has 0 atom stereocenters. The third-order valence-corrected chi connectivity index (χ3v) is 4.56. The average Bonchev–Trinajstić information content (AvgIpc) is 2.71. The lowest BCUT2D eigenvalue weighted by atomic mass is 10.1. The molecule has 142 valence electrons. The van der Waals surface area contributed by atoms with Crippen molar-refractivity contribution in [1.82, 2.24) is 14.9 Å². The number of fused-ring (bicyclic) bond motifs is 7. The molecule has 5 heteroatoms. The normalized spacial score (nSPS) is 16.2. The lowest BCUT2D eigenvalue weighted by molar-refractivity contribution is 0.324. The minimum atomic E-state index is 0.582. The summed E-state index contributed by atoms with van der Waals surface area (Å²) in [6, 6.07) is 18.3. The van der Waals surface area contributed by atoms with Crippen LogP contribution in [0.2, 0.25) is 0 Å². The minimum absolute atomic E-state index is 0.582. The lowest BCUT2D eigenvalue weighted by Gasteiger charge is -2.15. The topological polar surface area (TPSA) is 50.3 Å². The summed E-state index contributed by atoms with van der Waals surface area (Å²) >= 11 is 0. The van der Waals surface area contributed by atoms with Crippen molar-refractivity contribution in [3.05, 3.63) is 78.5 Å². The molecule has 0 saturated carbocycles. The molecule has 3 aromatic rings. The molecule has 0 saturated heterocycles. The van der Waals surface area contributed by atoms with Gasteiger partial charge in [-0.25, -0.2) is 9.97 Å². The van der Waals surface area contributed by atoms with Crippen molar-refractivity contribution >= 4 is 11.6 Å². The molecule has 0 amide bonds. The van der Waals surface area contributed by atoms with E-state index >= 15 is 0 Å². The van der Waals surface area contributed by atoms with E-state index in [1.54, 1.807) is 6.20 Å². The molecular weight excluding hydrogens is 348 g/mol. The van der Waals surface area contributed by atoms with E-state index < -0.39 is 0 Å². The number of rotatable bonds is 0. The number of anilines is 2. The molecule has 2 aromatic carbocycles. The molecule has 1 aliphatic heterocycles. The number of likely N-dealkylation sites (N-methyl/N-ethyl adjacent to an activating group) is 1. The largest absolute Gasteiger partial charge is 0.493 e. The monoisotopic (exact) mass is 372 g/mol. The zero-order valence-electron chi connectivity index (χ0n) is 16.0. The van der Waals surface area contributed by atoms with E-state index in [1.165, 1.54) is 5.56 Å². The van der Waals surface area contributed by atoms with Gasteiger partial charge < -0.3 is 10.1 Å². The summed E-state index contributed by atoms with van der Waals surface area (Å²) in [5.74, 6) is 1.43. The summed E-state index contributed by atoms with van der Waals surface area (Å²) in [5.41, 5.74) is 4.10. The Balaban J connectivity index is 1.67. The van der Waals surface area contributed by atoms with Crippen LogP contribution in [0, 0.1) is 0 Å². The van der Waals surface area contributed by atoms with Gasteiger partial charge in [0.25, 0.3) is 0 Å². The molecule has 0 radical (unpaired) electrons. The Morgan fingerprint density at radius 3 is 2.93 bits per heavy atom. The number of benzene rings is 2. The molecule has 0 fully saturated rings. The molecule has 1 N–H and O–H groups in total. The molecule has 1 aromatic heterocycles. The van der Waals surface area contributed by atoms with Crippen LogP contribution in [0.15, 0.2) is 72.9 Å². The Labute approximate surface area is 165 Å². The fraction of sp³-hybridized carbons (Fsp3) is 0.217. The molecule has 1 aliphatic rings. The highest BCUT2D eigenvalue weighted by Crippen LogP contribution is 2.24. The molecule has 4 rings (SSSR count). The number of aromatic nitrogens is 2. The van der Waals surface area contributed by atoms with Crippen molar-refractivity contribution in [2.24, 2.45) is 0 Å². The predicted octanol–water partition coefficient (Wildman–Crippen LogP) is 4.66. The number of nitrogens with zero attached hydrogens (tertiary/aromatic N) is 3. The Bertz CT molecular complexity index is 970. The fourth-order valence-electron chi connectivity index (χ4n) is 3.19. The van der Waals surface area contributed by atoms with Crippen LogP contribution < -0.4 is 10.1 Å². The summed E-state index contributed by atoms with van der Waals surface area (Å²) in [6.07, 6.45) is 7.04. The first kappa shape index (κ1) is 18.2. The first-order valence-electron chi connectivity index (χ1n) is 9.52. The van der Waals surface area contributed by atoms with Crippen LogP contribution in [-0.2, 0) is 6.54 Å². The number of nitrogens with one attached hydrogen (secondary N) is 1. The van der Waals surface area contributed by atoms with Crippen molar-refractivity contribution in [2.45, 2.75) is 13.0 Å². The maximum Gasteiger partial charge on any atom is 0.227 e. The van der Waals surface area contributed by atoms with Gasteiger partial charge in [0.1, 0.15) is 5.75 Å². The van der Waals surface area contributed by atoms with Gasteiger partial charge in [0.15, 0.2) is 0 Å². The zero-order chi connectivity index (χ0) is 19.2. The Hall–Kier alpha value is -3.18. The third-order valence-electron chi connectivity index (χ3n) is 4.56. The smallest absolute Gasteiger partial charge is 0.227 e. The van der Waals surface area contributed by atoms with E-state index in [9.17, 15) is 0 Å². The molecule has 0 aliphatic carbocycles. The van der Waals surface area contributed by atoms with Gasteiger partial charge >= 0.3 is 0 Å². The van der Waals surface area contributed by atoms with Gasteiger partial charge in [-0.2, -0.15) is 0 Å². The van der Waals surface area contributed by atoms with Gasteiger partial charge in [-0.1, -0.05) is 36.4 Å². The first-order valence-corrected chi connectivity index (χ1v) is 9.52. The van der Waals surface area contributed by atoms with Crippen molar-refractivity contribution in [3.63, 3.8) is 0 Å². The van der Waals surface area contributed by atoms with Crippen LogP contribution >= 0.6 is 0 Å². The van der Waals surface area contributed by atoms with Gasteiger partial charge in [-0.3, -0.25) is 4.90 Å². The maximum absolute atomic E-state index is 5.90. The highest BCUT2D eigenvalue weighted by Gasteiger charge is 2.06. The van der Waals surface area contributed by atoms with Crippen molar-refractivity contribution < 1.29 is 4.74 Å². The van der Waals surface area contributed by atoms with Gasteiger partial charge in [0.05, 0.1) is 12.3 Å². The second-order valence-corrected chi connectivity index (χ2v) is 6.92. The SMILES string of the molecule is CN1C/C=C\CCOc2cccc(c2)-c2ccnc(n2)Nc2cccc(c2)C1. The van der Waals surface area contributed by atoms with E-state index in [-0.39, 0.29) is 0 Å². The highest BCUT2D eigenvalue weighted by molar-refractivity contribution is 5.63. The lowest BCUT2D eigenvalue weighted by Crippen LogP contribution is -2.17. The molecular formula is C23H24N4O. The van der Waals surface area contributed by atoms with Crippen LogP contribution in [0.25, 0.3) is 11.3 Å². The van der Waals surface area contributed by atoms with E-state index in [1.807, 2.05) is 36.4 Å². The molecule has 0 spiro atoms. The fourth-order valence-corrected chi connectivity index (χ4v) is 3.19. The van der Waals surface area contributed by atoms with Gasteiger partial charge in [-0.05, 0) is 49.4 Å². The Morgan fingerprint density at radius 2 is 1.96 bits per heavy atom. The van der Waals surface area contributed by atoms with Crippen molar-refractivity contribution in [1.29, 1.82) is 0 Å². The summed E-state index contributed by atoms with van der Waals surface area (Å²) in [5, 5.41) is 3.32. The van der Waals surface area contributed by atoms with E-state index in [0.29, 0.717) is 12.6 Å². The Morgan fingerprint density at radius 1 is 1.04 bits per heavy atom. The third kappa shape index (κ3) is 4.75. The van der Waals surface area contributed by atoms with Gasteiger partial charge in [0.2, 0.25) is 5.95 Å². The Kier molecular flexibility index (Phi) is 5.64. The number of hydrogen-bond acceptors (Lipinski definition) is 5. The van der Waals surface area contributed by atoms with Crippen LogP contribution in [-0.4, -0.2) is 35.1 Å². The maximum atomic E-state index is 5.90. The summed E-state index contributed by atoms with van der Waals surface area (Å²) in [6.45, 7) is 2.43. The standard InChI is InChI=1S/C23H24N4O/c1-27-13-3-2-4-14-28-21-10-6-8-19(16-21)22-11-12-24-23(26-22)25-20-9-5-7-18(15-20)17-27/h2-3,5-12,15-16H,4,13-14,17H2,1H3,(H,24,25,26)/b3-2-. The second-order valence-electron chi connectivity index (χ2n) is 6.92. The first-order chi connectivity index (χ1) is 13.8. The predicted molar refractivity (Wildman–Crippen MR) is 113 cm³/mol. The van der Waals surface area contributed by atoms with Crippen LogP contribution in [0.1, 0.15) is 12.0 Å². The van der Waals surface area contributed by atoms with Crippen molar-refractivity contribution in [2.75, 3.05) is 25.5 Å². The molecule has 5 nitrogen and oxygen atoms in total. The average molecular weight is 372 g/mol. The summed E-state index contributed by atoms with van der Waals surface area (Å²) in [7, 11) is 2.12. The van der Waals surface area contributed by atoms with E-state index in [4.69, 9.17) is 4.74 Å². The zero-order valence-corrected chi connectivity index (χ0v) is 16.0. The summed E-state index contributed by atoms with van der Waals surface area (Å²) in [4.78, 5) is 11.3. The van der Waals surface area contributed by atoms with Crippen LogP contribution in [0.3, 0.4) is 0 Å². The van der Waals surface area contributed by atoms with Gasteiger partial charge in [0, 0.05) is 30.5 Å². The highest BCUT2D eigenvalue weighted by atomic mass is 16.5. The number of ether oxygens (including phenoxy) is 1. The van der Waals surface area contributed by atoms with Gasteiger partial charge in [-0.15, -0.1) is 0 Å². The number of hydrogen-bond donors (Lipinski definition) is 1.